The lowest BCUT2D eigenvalue weighted by Gasteiger charge is -2.36. The van der Waals surface area contributed by atoms with Crippen molar-refractivity contribution < 1.29 is 14.7 Å². The van der Waals surface area contributed by atoms with Crippen molar-refractivity contribution in [1.82, 2.24) is 9.78 Å². The molecule has 3 aromatic carbocycles. The summed E-state index contributed by atoms with van der Waals surface area (Å²) in [5.74, 6) is -0.961. The van der Waals surface area contributed by atoms with E-state index in [-0.39, 0.29) is 5.91 Å². The molecule has 1 heterocycles. The summed E-state index contributed by atoms with van der Waals surface area (Å²) in [6, 6.07) is 22.2. The maximum atomic E-state index is 13.7. The molecular weight excluding hydrogens is 462 g/mol. The number of nitrogens with one attached hydrogen (secondary N) is 1. The van der Waals surface area contributed by atoms with Crippen molar-refractivity contribution in [2.75, 3.05) is 5.32 Å². The van der Waals surface area contributed by atoms with E-state index in [1.807, 2.05) is 42.2 Å². The second-order valence-corrected chi connectivity index (χ2v) is 10.0. The monoisotopic (exact) mass is 493 g/mol. The van der Waals surface area contributed by atoms with Crippen molar-refractivity contribution in [3.05, 3.63) is 90.1 Å². The van der Waals surface area contributed by atoms with Gasteiger partial charge in [0.2, 0.25) is 5.91 Å². The number of fused-ring (bicyclic) bond motifs is 1. The van der Waals surface area contributed by atoms with Crippen LogP contribution in [-0.2, 0) is 23.1 Å². The van der Waals surface area contributed by atoms with Gasteiger partial charge < -0.3 is 10.4 Å². The van der Waals surface area contributed by atoms with Crippen LogP contribution in [0.2, 0.25) is 0 Å². The summed E-state index contributed by atoms with van der Waals surface area (Å²) < 4.78 is 1.87. The van der Waals surface area contributed by atoms with E-state index in [1.54, 1.807) is 0 Å². The van der Waals surface area contributed by atoms with Crippen LogP contribution in [0, 0.1) is 5.41 Å². The Labute approximate surface area is 216 Å². The standard InChI is InChI=1S/C31H31N3O3/c1-34-28-14-13-25(19-26(28)21-32-34)24-11-8-23(9-12-24)20-31(16-3-2-4-17-31)30(37)33-27-7-5-6-22(18-27)10-15-29(35)36/h5-15,18-19,21H,2-4,16-17,20H2,1H3,(H,33,37)(H,35,36)/b15-10+. The highest BCUT2D eigenvalue weighted by Crippen LogP contribution is 2.41. The van der Waals surface area contributed by atoms with Crippen LogP contribution in [0.15, 0.2) is 79.0 Å². The molecule has 5 rings (SSSR count). The average molecular weight is 494 g/mol. The summed E-state index contributed by atoms with van der Waals surface area (Å²) in [6.45, 7) is 0. The Kier molecular flexibility index (Phi) is 6.91. The number of hydrogen-bond donors (Lipinski definition) is 2. The number of benzene rings is 3. The van der Waals surface area contributed by atoms with E-state index < -0.39 is 11.4 Å². The van der Waals surface area contributed by atoms with E-state index >= 15 is 0 Å². The number of amides is 1. The number of aryl methyl sites for hydroxylation is 1. The molecule has 0 aliphatic heterocycles. The maximum absolute atomic E-state index is 13.7. The number of aliphatic carboxylic acids is 1. The number of carboxylic acid groups (broad SMARTS) is 1. The van der Waals surface area contributed by atoms with Crippen LogP contribution in [0.5, 0.6) is 0 Å². The molecule has 0 atom stereocenters. The normalized spacial score (nSPS) is 15.2. The Balaban J connectivity index is 1.34. The smallest absolute Gasteiger partial charge is 0.328 e. The van der Waals surface area contributed by atoms with Crippen LogP contribution >= 0.6 is 0 Å². The molecule has 0 unspecified atom stereocenters. The number of hydrogen-bond acceptors (Lipinski definition) is 3. The van der Waals surface area contributed by atoms with Gasteiger partial charge in [-0.3, -0.25) is 9.48 Å². The van der Waals surface area contributed by atoms with E-state index in [0.29, 0.717) is 12.1 Å². The molecule has 1 saturated carbocycles. The molecule has 0 bridgehead atoms. The van der Waals surface area contributed by atoms with Gasteiger partial charge in [-0.25, -0.2) is 4.79 Å². The number of anilines is 1. The third kappa shape index (κ3) is 5.48. The predicted octanol–water partition coefficient (Wildman–Crippen LogP) is 6.47. The zero-order chi connectivity index (χ0) is 25.8. The largest absolute Gasteiger partial charge is 0.478 e. The van der Waals surface area contributed by atoms with Gasteiger partial charge in [-0.15, -0.1) is 0 Å². The number of carbonyl (C=O) groups is 2. The number of nitrogens with zero attached hydrogens (tertiary/aromatic N) is 2. The summed E-state index contributed by atoms with van der Waals surface area (Å²) in [7, 11) is 1.95. The molecule has 188 valence electrons. The van der Waals surface area contributed by atoms with Gasteiger partial charge in [0.25, 0.3) is 0 Å². The first-order valence-electron chi connectivity index (χ1n) is 12.8. The second kappa shape index (κ2) is 10.4. The molecule has 1 amide bonds. The first-order valence-corrected chi connectivity index (χ1v) is 12.8. The lowest BCUT2D eigenvalue weighted by Crippen LogP contribution is -2.40. The molecule has 2 N–H and O–H groups in total. The van der Waals surface area contributed by atoms with Crippen molar-refractivity contribution in [2.24, 2.45) is 12.5 Å². The SMILES string of the molecule is Cn1ncc2cc(-c3ccc(CC4(C(=O)Nc5cccc(/C=C/C(=O)O)c5)CCCCC4)cc3)ccc21. The summed E-state index contributed by atoms with van der Waals surface area (Å²) in [5.41, 5.74) is 5.51. The van der Waals surface area contributed by atoms with Crippen LogP contribution in [0.4, 0.5) is 5.69 Å². The third-order valence-corrected chi connectivity index (χ3v) is 7.43. The zero-order valence-corrected chi connectivity index (χ0v) is 21.0. The Morgan fingerprint density at radius 1 is 1.00 bits per heavy atom. The molecule has 1 fully saturated rings. The van der Waals surface area contributed by atoms with Crippen molar-refractivity contribution >= 4 is 34.5 Å². The van der Waals surface area contributed by atoms with Crippen molar-refractivity contribution in [3.8, 4) is 11.1 Å². The van der Waals surface area contributed by atoms with E-state index in [9.17, 15) is 9.59 Å². The van der Waals surface area contributed by atoms with Gasteiger partial charge in [-0.1, -0.05) is 61.7 Å². The Hall–Kier alpha value is -4.19. The minimum atomic E-state index is -1.00. The molecular formula is C31H31N3O3. The van der Waals surface area contributed by atoms with E-state index in [2.05, 4.69) is 52.9 Å². The Bertz CT molecular complexity index is 1460. The average Bonchev–Trinajstić information content (AvgIpc) is 3.28. The second-order valence-electron chi connectivity index (χ2n) is 10.0. The number of aromatic nitrogens is 2. The van der Waals surface area contributed by atoms with E-state index in [4.69, 9.17) is 5.11 Å². The molecule has 6 nitrogen and oxygen atoms in total. The molecule has 0 saturated heterocycles. The van der Waals surface area contributed by atoms with Crippen LogP contribution < -0.4 is 5.32 Å². The lowest BCUT2D eigenvalue weighted by molar-refractivity contribution is -0.131. The molecule has 4 aromatic rings. The van der Waals surface area contributed by atoms with Gasteiger partial charge in [0.05, 0.1) is 17.1 Å². The Morgan fingerprint density at radius 3 is 2.51 bits per heavy atom. The van der Waals surface area contributed by atoms with Crippen LogP contribution in [0.3, 0.4) is 0 Å². The minimum absolute atomic E-state index is 0.0395. The number of rotatable bonds is 7. The quantitative estimate of drug-likeness (QED) is 0.289. The van der Waals surface area contributed by atoms with Gasteiger partial charge in [0.1, 0.15) is 0 Å². The number of carbonyl (C=O) groups excluding carboxylic acids is 1. The first kappa shape index (κ1) is 24.5. The summed E-state index contributed by atoms with van der Waals surface area (Å²) in [5, 5.41) is 17.5. The highest BCUT2D eigenvalue weighted by Gasteiger charge is 2.39. The summed E-state index contributed by atoms with van der Waals surface area (Å²) in [6.07, 6.45) is 10.2. The fraction of sp³-hybridized carbons (Fsp3) is 0.258. The van der Waals surface area contributed by atoms with E-state index in [1.165, 1.54) is 6.08 Å². The Morgan fingerprint density at radius 2 is 1.76 bits per heavy atom. The first-order chi connectivity index (χ1) is 17.9. The number of carboxylic acids is 1. The van der Waals surface area contributed by atoms with Crippen LogP contribution in [0.25, 0.3) is 28.1 Å². The predicted molar refractivity (Wildman–Crippen MR) is 147 cm³/mol. The van der Waals surface area contributed by atoms with Gasteiger partial charge in [-0.2, -0.15) is 5.10 Å². The molecule has 37 heavy (non-hydrogen) atoms. The molecule has 1 aromatic heterocycles. The molecule has 1 aliphatic carbocycles. The third-order valence-electron chi connectivity index (χ3n) is 7.43. The minimum Gasteiger partial charge on any atom is -0.478 e. The highest BCUT2D eigenvalue weighted by atomic mass is 16.4. The molecule has 6 heteroatoms. The topological polar surface area (TPSA) is 84.2 Å². The van der Waals surface area contributed by atoms with Crippen LogP contribution in [-0.4, -0.2) is 26.8 Å². The maximum Gasteiger partial charge on any atom is 0.328 e. The molecule has 0 radical (unpaired) electrons. The lowest BCUT2D eigenvalue weighted by atomic mass is 9.69. The van der Waals surface area contributed by atoms with Crippen molar-refractivity contribution in [1.29, 1.82) is 0 Å². The molecule has 1 aliphatic rings. The van der Waals surface area contributed by atoms with Gasteiger partial charge in [0, 0.05) is 24.2 Å². The highest BCUT2D eigenvalue weighted by molar-refractivity contribution is 5.96. The van der Waals surface area contributed by atoms with Gasteiger partial charge in [0.15, 0.2) is 0 Å². The van der Waals surface area contributed by atoms with Crippen molar-refractivity contribution in [3.63, 3.8) is 0 Å². The van der Waals surface area contributed by atoms with Gasteiger partial charge >= 0.3 is 5.97 Å². The molecule has 0 spiro atoms. The van der Waals surface area contributed by atoms with Crippen molar-refractivity contribution in [2.45, 2.75) is 38.5 Å². The fourth-order valence-corrected chi connectivity index (χ4v) is 5.41. The summed E-state index contributed by atoms with van der Waals surface area (Å²) in [4.78, 5) is 24.5. The summed E-state index contributed by atoms with van der Waals surface area (Å²) >= 11 is 0. The zero-order valence-electron chi connectivity index (χ0n) is 21.0. The fourth-order valence-electron chi connectivity index (χ4n) is 5.41. The van der Waals surface area contributed by atoms with Crippen LogP contribution in [0.1, 0.15) is 43.2 Å². The van der Waals surface area contributed by atoms with Gasteiger partial charge in [-0.05, 0) is 71.9 Å². The van der Waals surface area contributed by atoms with E-state index in [0.717, 1.165) is 71.3 Å².